The number of halogens is 2. The van der Waals surface area contributed by atoms with E-state index in [4.69, 9.17) is 23.2 Å². The Bertz CT molecular complexity index is 751. The van der Waals surface area contributed by atoms with Gasteiger partial charge in [0.05, 0.1) is 11.5 Å². The molecule has 0 aliphatic heterocycles. The quantitative estimate of drug-likeness (QED) is 0.618. The number of benzene rings is 2. The summed E-state index contributed by atoms with van der Waals surface area (Å²) in [6, 6.07) is 11.0. The van der Waals surface area contributed by atoms with E-state index < -0.39 is 4.92 Å². The number of carbonyl (C=O) groups excluding carboxylic acids is 1. The number of hydrogen-bond acceptors (Lipinski definition) is 4. The minimum Gasteiger partial charge on any atom is -0.325 e. The van der Waals surface area contributed by atoms with Crippen LogP contribution in [0, 0.1) is 10.1 Å². The Kier molecular flexibility index (Phi) is 6.14. The lowest BCUT2D eigenvalue weighted by Gasteiger charge is -2.17. The van der Waals surface area contributed by atoms with Crippen LogP contribution in [0.25, 0.3) is 0 Å². The van der Waals surface area contributed by atoms with E-state index in [0.717, 1.165) is 0 Å². The molecule has 0 heterocycles. The van der Waals surface area contributed by atoms with Gasteiger partial charge in [0.1, 0.15) is 0 Å². The Morgan fingerprint density at radius 1 is 1.21 bits per heavy atom. The third kappa shape index (κ3) is 5.19. The molecule has 2 aromatic rings. The topological polar surface area (TPSA) is 75.5 Å². The number of nitro benzene ring substituents is 1. The second-order valence-electron chi connectivity index (χ2n) is 5.26. The maximum atomic E-state index is 12.0. The Labute approximate surface area is 149 Å². The van der Waals surface area contributed by atoms with Gasteiger partial charge < -0.3 is 5.32 Å². The van der Waals surface area contributed by atoms with Crippen LogP contribution in [0.2, 0.25) is 10.0 Å². The van der Waals surface area contributed by atoms with Crippen molar-refractivity contribution in [2.75, 3.05) is 18.9 Å². The van der Waals surface area contributed by atoms with Crippen molar-refractivity contribution in [3.63, 3.8) is 0 Å². The van der Waals surface area contributed by atoms with Crippen LogP contribution >= 0.6 is 23.2 Å². The van der Waals surface area contributed by atoms with Gasteiger partial charge in [-0.3, -0.25) is 19.8 Å². The minimum atomic E-state index is -0.479. The summed E-state index contributed by atoms with van der Waals surface area (Å²) in [7, 11) is 1.73. The van der Waals surface area contributed by atoms with Crippen LogP contribution in [0.1, 0.15) is 5.56 Å². The predicted molar refractivity (Wildman–Crippen MR) is 94.5 cm³/mol. The summed E-state index contributed by atoms with van der Waals surface area (Å²) < 4.78 is 0. The normalized spacial score (nSPS) is 10.7. The molecule has 0 saturated carbocycles. The molecular weight excluding hydrogens is 353 g/mol. The SMILES string of the molecule is CN(CC(=O)Nc1ccc(Cl)cc1)Cc1cc([N+](=O)[O-])ccc1Cl. The molecule has 0 spiro atoms. The van der Waals surface area contributed by atoms with E-state index >= 15 is 0 Å². The lowest BCUT2D eigenvalue weighted by atomic mass is 10.2. The predicted octanol–water partition coefficient (Wildman–Crippen LogP) is 3.97. The van der Waals surface area contributed by atoms with Crippen LogP contribution in [-0.4, -0.2) is 29.3 Å². The Hall–Kier alpha value is -2.15. The standard InChI is InChI=1S/C16H15Cl2N3O3/c1-20(9-11-8-14(21(23)24)6-7-15(11)18)10-16(22)19-13-4-2-12(17)3-5-13/h2-8H,9-10H2,1H3,(H,19,22). The fourth-order valence-electron chi connectivity index (χ4n) is 2.12. The van der Waals surface area contributed by atoms with Gasteiger partial charge in [-0.25, -0.2) is 0 Å². The van der Waals surface area contributed by atoms with Gasteiger partial charge in [-0.2, -0.15) is 0 Å². The first-order valence-corrected chi connectivity index (χ1v) is 7.77. The molecule has 0 aliphatic rings. The van der Waals surface area contributed by atoms with E-state index in [2.05, 4.69) is 5.32 Å². The molecule has 1 N–H and O–H groups in total. The van der Waals surface area contributed by atoms with Crippen molar-refractivity contribution in [1.29, 1.82) is 0 Å². The number of amides is 1. The fraction of sp³-hybridized carbons (Fsp3) is 0.188. The zero-order valence-corrected chi connectivity index (χ0v) is 14.3. The average molecular weight is 368 g/mol. The summed E-state index contributed by atoms with van der Waals surface area (Å²) in [5.74, 6) is -0.207. The maximum Gasteiger partial charge on any atom is 0.269 e. The fourth-order valence-corrected chi connectivity index (χ4v) is 2.42. The van der Waals surface area contributed by atoms with E-state index in [1.807, 2.05) is 0 Å². The van der Waals surface area contributed by atoms with Crippen molar-refractivity contribution in [3.8, 4) is 0 Å². The highest BCUT2D eigenvalue weighted by Crippen LogP contribution is 2.23. The number of nitro groups is 1. The summed E-state index contributed by atoms with van der Waals surface area (Å²) in [4.78, 5) is 24.1. The Balaban J connectivity index is 1.96. The van der Waals surface area contributed by atoms with Gasteiger partial charge in [-0.05, 0) is 42.9 Å². The number of likely N-dealkylation sites (N-methyl/N-ethyl adjacent to an activating group) is 1. The van der Waals surface area contributed by atoms with Crippen LogP contribution < -0.4 is 5.32 Å². The van der Waals surface area contributed by atoms with E-state index in [9.17, 15) is 14.9 Å². The molecule has 24 heavy (non-hydrogen) atoms. The van der Waals surface area contributed by atoms with E-state index in [-0.39, 0.29) is 18.1 Å². The highest BCUT2D eigenvalue weighted by molar-refractivity contribution is 6.31. The van der Waals surface area contributed by atoms with Gasteiger partial charge in [-0.15, -0.1) is 0 Å². The first-order chi connectivity index (χ1) is 11.3. The molecule has 0 radical (unpaired) electrons. The molecule has 0 aromatic heterocycles. The molecular formula is C16H15Cl2N3O3. The van der Waals surface area contributed by atoms with Gasteiger partial charge >= 0.3 is 0 Å². The number of nitrogens with zero attached hydrogens (tertiary/aromatic N) is 2. The minimum absolute atomic E-state index is 0.0339. The van der Waals surface area contributed by atoms with Crippen LogP contribution in [0.15, 0.2) is 42.5 Å². The summed E-state index contributed by atoms with van der Waals surface area (Å²) in [5, 5.41) is 14.6. The molecule has 8 heteroatoms. The van der Waals surface area contributed by atoms with Crippen molar-refractivity contribution in [2.45, 2.75) is 6.54 Å². The van der Waals surface area contributed by atoms with Crippen LogP contribution in [0.5, 0.6) is 0 Å². The average Bonchev–Trinajstić information content (AvgIpc) is 2.51. The van der Waals surface area contributed by atoms with Crippen molar-refractivity contribution in [1.82, 2.24) is 4.90 Å². The van der Waals surface area contributed by atoms with Crippen LogP contribution in [0.3, 0.4) is 0 Å². The molecule has 0 saturated heterocycles. The molecule has 2 rings (SSSR count). The van der Waals surface area contributed by atoms with Gasteiger partial charge in [0.2, 0.25) is 5.91 Å². The largest absolute Gasteiger partial charge is 0.325 e. The third-order valence-electron chi connectivity index (χ3n) is 3.22. The second-order valence-corrected chi connectivity index (χ2v) is 6.10. The zero-order valence-electron chi connectivity index (χ0n) is 12.8. The van der Waals surface area contributed by atoms with Gasteiger partial charge in [0.25, 0.3) is 5.69 Å². The number of hydrogen-bond donors (Lipinski definition) is 1. The Morgan fingerprint density at radius 3 is 2.50 bits per heavy atom. The number of rotatable bonds is 6. The molecule has 6 nitrogen and oxygen atoms in total. The van der Waals surface area contributed by atoms with E-state index in [1.54, 1.807) is 36.2 Å². The van der Waals surface area contributed by atoms with Gasteiger partial charge in [-0.1, -0.05) is 23.2 Å². The molecule has 0 unspecified atom stereocenters. The first-order valence-electron chi connectivity index (χ1n) is 7.02. The summed E-state index contributed by atoms with van der Waals surface area (Å²) in [6.07, 6.45) is 0. The molecule has 0 fully saturated rings. The zero-order chi connectivity index (χ0) is 17.7. The lowest BCUT2D eigenvalue weighted by molar-refractivity contribution is -0.384. The van der Waals surface area contributed by atoms with E-state index in [1.165, 1.54) is 18.2 Å². The number of non-ortho nitro benzene ring substituents is 1. The molecule has 0 bridgehead atoms. The monoisotopic (exact) mass is 367 g/mol. The summed E-state index contributed by atoms with van der Waals surface area (Å²) in [5.41, 5.74) is 1.20. The second kappa shape index (κ2) is 8.10. The molecule has 2 aromatic carbocycles. The van der Waals surface area contributed by atoms with Gasteiger partial charge in [0.15, 0.2) is 0 Å². The van der Waals surface area contributed by atoms with Crippen molar-refractivity contribution >= 4 is 40.5 Å². The summed E-state index contributed by atoms with van der Waals surface area (Å²) >= 11 is 11.9. The molecule has 1 amide bonds. The highest BCUT2D eigenvalue weighted by atomic mass is 35.5. The molecule has 0 atom stereocenters. The summed E-state index contributed by atoms with van der Waals surface area (Å²) in [6.45, 7) is 0.427. The van der Waals surface area contributed by atoms with Crippen LogP contribution in [0.4, 0.5) is 11.4 Å². The molecule has 0 aliphatic carbocycles. The lowest BCUT2D eigenvalue weighted by Crippen LogP contribution is -2.29. The smallest absolute Gasteiger partial charge is 0.269 e. The van der Waals surface area contributed by atoms with Crippen molar-refractivity contribution < 1.29 is 9.72 Å². The highest BCUT2D eigenvalue weighted by Gasteiger charge is 2.13. The van der Waals surface area contributed by atoms with Crippen molar-refractivity contribution in [3.05, 3.63) is 68.2 Å². The third-order valence-corrected chi connectivity index (χ3v) is 3.84. The van der Waals surface area contributed by atoms with Gasteiger partial charge in [0, 0.05) is 34.4 Å². The van der Waals surface area contributed by atoms with E-state index in [0.29, 0.717) is 27.8 Å². The first kappa shape index (κ1) is 18.2. The maximum absolute atomic E-state index is 12.0. The van der Waals surface area contributed by atoms with Crippen LogP contribution in [-0.2, 0) is 11.3 Å². The Morgan fingerprint density at radius 2 is 1.88 bits per heavy atom. The van der Waals surface area contributed by atoms with Crippen molar-refractivity contribution in [2.24, 2.45) is 0 Å². The molecule has 126 valence electrons. The number of carbonyl (C=O) groups is 1. The number of nitrogens with one attached hydrogen (secondary N) is 1. The number of anilines is 1.